The Balaban J connectivity index is 2.41. The lowest BCUT2D eigenvalue weighted by Crippen LogP contribution is -2.41. The van der Waals surface area contributed by atoms with Crippen LogP contribution in [-0.2, 0) is 11.8 Å². The second-order valence-corrected chi connectivity index (χ2v) is 6.45. The first-order valence-corrected chi connectivity index (χ1v) is 9.07. The van der Waals surface area contributed by atoms with Crippen molar-refractivity contribution in [1.29, 1.82) is 0 Å². The third kappa shape index (κ3) is 3.84. The van der Waals surface area contributed by atoms with E-state index in [9.17, 15) is 14.7 Å². The maximum Gasteiger partial charge on any atom is 0.326 e. The molecule has 25 heavy (non-hydrogen) atoms. The molecule has 1 aromatic carbocycles. The first-order valence-electron chi connectivity index (χ1n) is 7.67. The van der Waals surface area contributed by atoms with Crippen LogP contribution in [0.5, 0.6) is 11.5 Å². The number of nitrogens with zero attached hydrogens (tertiary/aromatic N) is 1. The fraction of sp³-hybridized carbons (Fsp3) is 0.412. The molecule has 0 radical (unpaired) electrons. The van der Waals surface area contributed by atoms with Gasteiger partial charge < -0.3 is 24.5 Å². The number of carboxylic acid groups (broad SMARTS) is 1. The average molecular weight is 366 g/mol. The highest BCUT2D eigenvalue weighted by molar-refractivity contribution is 7.98. The van der Waals surface area contributed by atoms with Gasteiger partial charge in [0.05, 0.1) is 19.7 Å². The van der Waals surface area contributed by atoms with Gasteiger partial charge in [-0.1, -0.05) is 0 Å². The van der Waals surface area contributed by atoms with E-state index in [0.717, 1.165) is 5.39 Å². The van der Waals surface area contributed by atoms with Crippen LogP contribution >= 0.6 is 11.8 Å². The molecule has 0 bridgehead atoms. The van der Waals surface area contributed by atoms with Crippen LogP contribution in [0.2, 0.25) is 0 Å². The number of carbonyl (C=O) groups excluding carboxylic acids is 1. The minimum absolute atomic E-state index is 0.341. The summed E-state index contributed by atoms with van der Waals surface area (Å²) in [6.07, 6.45) is 2.25. The standard InChI is InChI=1S/C17H22N2O5S/c1-19-12(16(20)18-11(17(21)22)7-8-25-4)9-10-13(23-2)5-6-14(24-3)15(10)19/h5-6,9,11H,7-8H2,1-4H3,(H,18,20)(H,21,22). The highest BCUT2D eigenvalue weighted by atomic mass is 32.2. The molecule has 7 nitrogen and oxygen atoms in total. The molecule has 136 valence electrons. The van der Waals surface area contributed by atoms with Gasteiger partial charge in [-0.2, -0.15) is 11.8 Å². The molecule has 2 aromatic rings. The SMILES string of the molecule is COc1ccc(OC)c2c1cc(C(=O)NC(CCSC)C(=O)O)n2C. The number of carbonyl (C=O) groups is 2. The van der Waals surface area contributed by atoms with Crippen molar-refractivity contribution in [3.05, 3.63) is 23.9 Å². The predicted molar refractivity (Wildman–Crippen MR) is 97.9 cm³/mol. The van der Waals surface area contributed by atoms with Gasteiger partial charge in [0.15, 0.2) is 0 Å². The number of benzene rings is 1. The van der Waals surface area contributed by atoms with E-state index in [-0.39, 0.29) is 0 Å². The quantitative estimate of drug-likeness (QED) is 0.744. The molecule has 1 aromatic heterocycles. The molecule has 1 unspecified atom stereocenters. The van der Waals surface area contributed by atoms with Crippen LogP contribution in [0.15, 0.2) is 18.2 Å². The van der Waals surface area contributed by atoms with E-state index in [1.165, 1.54) is 11.8 Å². The van der Waals surface area contributed by atoms with Crippen LogP contribution in [0, 0.1) is 0 Å². The monoisotopic (exact) mass is 366 g/mol. The van der Waals surface area contributed by atoms with Crippen molar-refractivity contribution in [3.63, 3.8) is 0 Å². The number of hydrogen-bond donors (Lipinski definition) is 2. The summed E-state index contributed by atoms with van der Waals surface area (Å²) in [5.74, 6) is 0.373. The second-order valence-electron chi connectivity index (χ2n) is 5.47. The molecular formula is C17H22N2O5S. The molecule has 0 saturated heterocycles. The van der Waals surface area contributed by atoms with Crippen molar-refractivity contribution < 1.29 is 24.2 Å². The number of carboxylic acids is 1. The van der Waals surface area contributed by atoms with E-state index in [4.69, 9.17) is 9.47 Å². The van der Waals surface area contributed by atoms with Gasteiger partial charge in [-0.25, -0.2) is 4.79 Å². The molecule has 2 N–H and O–H groups in total. The summed E-state index contributed by atoms with van der Waals surface area (Å²) < 4.78 is 12.4. The number of fused-ring (bicyclic) bond motifs is 1. The smallest absolute Gasteiger partial charge is 0.326 e. The minimum Gasteiger partial charge on any atom is -0.496 e. The number of thioether (sulfide) groups is 1. The third-order valence-corrected chi connectivity index (χ3v) is 4.65. The topological polar surface area (TPSA) is 89.8 Å². The van der Waals surface area contributed by atoms with E-state index >= 15 is 0 Å². The van der Waals surface area contributed by atoms with Gasteiger partial charge in [0.2, 0.25) is 0 Å². The van der Waals surface area contributed by atoms with E-state index in [1.807, 2.05) is 6.26 Å². The van der Waals surface area contributed by atoms with E-state index in [1.54, 1.807) is 44.0 Å². The molecule has 1 amide bonds. The summed E-state index contributed by atoms with van der Waals surface area (Å²) in [6.45, 7) is 0. The molecule has 8 heteroatoms. The Morgan fingerprint density at radius 3 is 2.48 bits per heavy atom. The van der Waals surface area contributed by atoms with Crippen molar-refractivity contribution in [2.75, 3.05) is 26.2 Å². The molecule has 0 aliphatic carbocycles. The molecule has 0 saturated carbocycles. The summed E-state index contributed by atoms with van der Waals surface area (Å²) in [4.78, 5) is 24.0. The van der Waals surface area contributed by atoms with Crippen LogP contribution < -0.4 is 14.8 Å². The molecule has 0 aliphatic heterocycles. The zero-order valence-electron chi connectivity index (χ0n) is 14.7. The number of rotatable bonds is 8. The summed E-state index contributed by atoms with van der Waals surface area (Å²) in [5.41, 5.74) is 1.05. The fourth-order valence-corrected chi connectivity index (χ4v) is 3.17. The number of aromatic nitrogens is 1. The predicted octanol–water partition coefficient (Wildman–Crippen LogP) is 2.13. The van der Waals surface area contributed by atoms with Gasteiger partial charge in [-0.3, -0.25) is 4.79 Å². The van der Waals surface area contributed by atoms with Crippen LogP contribution in [0.3, 0.4) is 0 Å². The Morgan fingerprint density at radius 1 is 1.28 bits per heavy atom. The van der Waals surface area contributed by atoms with E-state index < -0.39 is 17.9 Å². The average Bonchev–Trinajstić information content (AvgIpc) is 2.95. The second kappa shape index (κ2) is 8.15. The Morgan fingerprint density at radius 2 is 1.92 bits per heavy atom. The lowest BCUT2D eigenvalue weighted by atomic mass is 10.2. The minimum atomic E-state index is -1.05. The number of amides is 1. The summed E-state index contributed by atoms with van der Waals surface area (Å²) in [5, 5.41) is 12.6. The molecule has 0 spiro atoms. The van der Waals surface area contributed by atoms with Crippen LogP contribution in [0.1, 0.15) is 16.9 Å². The van der Waals surface area contributed by atoms with Crippen molar-refractivity contribution >= 4 is 34.5 Å². The van der Waals surface area contributed by atoms with Crippen LogP contribution in [0.25, 0.3) is 10.9 Å². The number of aryl methyl sites for hydroxylation is 1. The molecule has 1 heterocycles. The highest BCUT2D eigenvalue weighted by Gasteiger charge is 2.24. The van der Waals surface area contributed by atoms with Crippen LogP contribution in [-0.4, -0.2) is 53.8 Å². The van der Waals surface area contributed by atoms with Crippen molar-refractivity contribution in [2.24, 2.45) is 7.05 Å². The number of nitrogens with one attached hydrogen (secondary N) is 1. The zero-order valence-corrected chi connectivity index (χ0v) is 15.5. The Bertz CT molecular complexity index is 787. The number of hydrogen-bond acceptors (Lipinski definition) is 5. The van der Waals surface area contributed by atoms with Gasteiger partial charge in [0.25, 0.3) is 5.91 Å². The van der Waals surface area contributed by atoms with E-state index in [0.29, 0.717) is 34.9 Å². The molecule has 2 rings (SSSR count). The first-order chi connectivity index (χ1) is 11.9. The zero-order chi connectivity index (χ0) is 18.6. The Labute approximate surface area is 150 Å². The number of methoxy groups -OCH3 is 2. The summed E-state index contributed by atoms with van der Waals surface area (Å²) >= 11 is 1.53. The molecule has 0 fully saturated rings. The van der Waals surface area contributed by atoms with Gasteiger partial charge in [0, 0.05) is 12.4 Å². The lowest BCUT2D eigenvalue weighted by Gasteiger charge is -2.14. The highest BCUT2D eigenvalue weighted by Crippen LogP contribution is 2.35. The summed E-state index contributed by atoms with van der Waals surface area (Å²) in [7, 11) is 4.84. The Kier molecular flexibility index (Phi) is 6.19. The fourth-order valence-electron chi connectivity index (χ4n) is 2.69. The number of aliphatic carboxylic acids is 1. The number of ether oxygens (including phenoxy) is 2. The van der Waals surface area contributed by atoms with Crippen molar-refractivity contribution in [2.45, 2.75) is 12.5 Å². The maximum absolute atomic E-state index is 12.6. The van der Waals surface area contributed by atoms with Crippen molar-refractivity contribution in [3.8, 4) is 11.5 Å². The third-order valence-electron chi connectivity index (χ3n) is 4.00. The van der Waals surface area contributed by atoms with Crippen molar-refractivity contribution in [1.82, 2.24) is 9.88 Å². The lowest BCUT2D eigenvalue weighted by molar-refractivity contribution is -0.139. The first kappa shape index (κ1) is 19.0. The van der Waals surface area contributed by atoms with Crippen LogP contribution in [0.4, 0.5) is 0 Å². The normalized spacial score (nSPS) is 12.0. The molecular weight excluding hydrogens is 344 g/mol. The molecule has 1 atom stereocenters. The van der Waals surface area contributed by atoms with E-state index in [2.05, 4.69) is 5.32 Å². The molecule has 0 aliphatic rings. The maximum atomic E-state index is 12.6. The largest absolute Gasteiger partial charge is 0.496 e. The Hall–Kier alpha value is -2.35. The van der Waals surface area contributed by atoms with Gasteiger partial charge in [0.1, 0.15) is 23.2 Å². The van der Waals surface area contributed by atoms with Gasteiger partial charge >= 0.3 is 5.97 Å². The van der Waals surface area contributed by atoms with Gasteiger partial charge in [-0.05, 0) is 36.6 Å². The summed E-state index contributed by atoms with van der Waals surface area (Å²) in [6, 6.07) is 4.28. The van der Waals surface area contributed by atoms with Gasteiger partial charge in [-0.15, -0.1) is 0 Å².